The van der Waals surface area contributed by atoms with Crippen molar-refractivity contribution in [3.05, 3.63) is 40.9 Å². The summed E-state index contributed by atoms with van der Waals surface area (Å²) in [7, 11) is 0. The van der Waals surface area contributed by atoms with E-state index in [9.17, 15) is 4.79 Å². The molecule has 0 saturated carbocycles. The SMILES string of the molecule is Cc1csc(-c2cccc(C(=O)N3CCC4(CCNC4)CC3)c2)n1. The fourth-order valence-corrected chi connectivity index (χ4v) is 4.66. The minimum absolute atomic E-state index is 0.158. The lowest BCUT2D eigenvalue weighted by atomic mass is 9.78. The number of carbonyl (C=O) groups excluding carboxylic acids is 1. The van der Waals surface area contributed by atoms with Gasteiger partial charge in [-0.05, 0) is 50.3 Å². The van der Waals surface area contributed by atoms with Gasteiger partial charge in [-0.1, -0.05) is 12.1 Å². The van der Waals surface area contributed by atoms with E-state index in [1.807, 2.05) is 41.5 Å². The van der Waals surface area contributed by atoms with Crippen molar-refractivity contribution in [1.82, 2.24) is 15.2 Å². The van der Waals surface area contributed by atoms with Crippen molar-refractivity contribution in [2.24, 2.45) is 5.41 Å². The highest BCUT2D eigenvalue weighted by Crippen LogP contribution is 2.37. The third kappa shape index (κ3) is 2.98. The molecule has 1 aromatic heterocycles. The topological polar surface area (TPSA) is 45.2 Å². The van der Waals surface area contributed by atoms with Crippen molar-refractivity contribution in [2.45, 2.75) is 26.2 Å². The molecule has 4 nitrogen and oxygen atoms in total. The number of hydrogen-bond donors (Lipinski definition) is 1. The molecule has 2 aliphatic rings. The number of amides is 1. The lowest BCUT2D eigenvalue weighted by Gasteiger charge is -2.39. The van der Waals surface area contributed by atoms with Crippen molar-refractivity contribution in [2.75, 3.05) is 26.2 Å². The van der Waals surface area contributed by atoms with E-state index in [0.717, 1.165) is 60.8 Å². The van der Waals surface area contributed by atoms with Gasteiger partial charge in [-0.3, -0.25) is 4.79 Å². The van der Waals surface area contributed by atoms with E-state index in [0.29, 0.717) is 5.41 Å². The monoisotopic (exact) mass is 341 g/mol. The van der Waals surface area contributed by atoms with Crippen molar-refractivity contribution >= 4 is 17.2 Å². The summed E-state index contributed by atoms with van der Waals surface area (Å²) in [5.41, 5.74) is 3.28. The first-order valence-electron chi connectivity index (χ1n) is 8.68. The van der Waals surface area contributed by atoms with Crippen LogP contribution in [0.5, 0.6) is 0 Å². The Kier molecular flexibility index (Phi) is 4.14. The normalized spacial score (nSPS) is 19.8. The van der Waals surface area contributed by atoms with Crippen LogP contribution in [0.4, 0.5) is 0 Å². The quantitative estimate of drug-likeness (QED) is 0.911. The Hall–Kier alpha value is -1.72. The van der Waals surface area contributed by atoms with Crippen LogP contribution in [-0.4, -0.2) is 42.0 Å². The minimum atomic E-state index is 0.158. The van der Waals surface area contributed by atoms with E-state index in [-0.39, 0.29) is 5.91 Å². The smallest absolute Gasteiger partial charge is 0.253 e. The number of carbonyl (C=O) groups is 1. The molecular weight excluding hydrogens is 318 g/mol. The number of thiazole rings is 1. The first-order valence-corrected chi connectivity index (χ1v) is 9.56. The molecule has 0 unspecified atom stereocenters. The largest absolute Gasteiger partial charge is 0.339 e. The molecule has 24 heavy (non-hydrogen) atoms. The maximum atomic E-state index is 12.9. The van der Waals surface area contributed by atoms with Gasteiger partial charge in [-0.25, -0.2) is 4.98 Å². The predicted octanol–water partition coefficient (Wildman–Crippen LogP) is 3.33. The Morgan fingerprint density at radius 2 is 2.12 bits per heavy atom. The zero-order valence-electron chi connectivity index (χ0n) is 14.0. The Morgan fingerprint density at radius 1 is 1.29 bits per heavy atom. The predicted molar refractivity (Wildman–Crippen MR) is 97.3 cm³/mol. The summed E-state index contributed by atoms with van der Waals surface area (Å²) in [4.78, 5) is 19.4. The number of piperidine rings is 1. The molecule has 5 heteroatoms. The molecule has 2 fully saturated rings. The Balaban J connectivity index is 1.49. The van der Waals surface area contributed by atoms with Crippen LogP contribution in [0.1, 0.15) is 35.3 Å². The standard InChI is InChI=1S/C19H23N3OS/c1-14-12-24-17(21-14)15-3-2-4-16(11-15)18(23)22-9-6-19(7-10-22)5-8-20-13-19/h2-4,11-12,20H,5-10,13H2,1H3. The van der Waals surface area contributed by atoms with Gasteiger partial charge in [0, 0.05) is 41.8 Å². The summed E-state index contributed by atoms with van der Waals surface area (Å²) in [6, 6.07) is 7.91. The zero-order valence-corrected chi connectivity index (χ0v) is 14.9. The van der Waals surface area contributed by atoms with Crippen LogP contribution in [-0.2, 0) is 0 Å². The van der Waals surface area contributed by atoms with Gasteiger partial charge in [0.05, 0.1) is 0 Å². The van der Waals surface area contributed by atoms with Crippen LogP contribution in [0.3, 0.4) is 0 Å². The molecule has 0 radical (unpaired) electrons. The second-order valence-electron chi connectivity index (χ2n) is 7.09. The summed E-state index contributed by atoms with van der Waals surface area (Å²) in [6.07, 6.45) is 3.50. The number of aryl methyl sites for hydroxylation is 1. The molecule has 0 aliphatic carbocycles. The van der Waals surface area contributed by atoms with Gasteiger partial charge in [0.2, 0.25) is 0 Å². The zero-order chi connectivity index (χ0) is 16.6. The number of likely N-dealkylation sites (tertiary alicyclic amines) is 1. The Morgan fingerprint density at radius 3 is 2.79 bits per heavy atom. The summed E-state index contributed by atoms with van der Waals surface area (Å²) < 4.78 is 0. The first kappa shape index (κ1) is 15.8. The maximum absolute atomic E-state index is 12.9. The van der Waals surface area contributed by atoms with Gasteiger partial charge >= 0.3 is 0 Å². The summed E-state index contributed by atoms with van der Waals surface area (Å²) in [6.45, 7) is 6.00. The average molecular weight is 341 g/mol. The van der Waals surface area contributed by atoms with E-state index >= 15 is 0 Å². The third-order valence-corrected chi connectivity index (χ3v) is 6.43. The van der Waals surface area contributed by atoms with Gasteiger partial charge in [-0.15, -0.1) is 11.3 Å². The number of nitrogens with zero attached hydrogens (tertiary/aromatic N) is 2. The molecule has 1 N–H and O–H groups in total. The number of hydrogen-bond acceptors (Lipinski definition) is 4. The van der Waals surface area contributed by atoms with Gasteiger partial charge in [0.25, 0.3) is 5.91 Å². The highest BCUT2D eigenvalue weighted by atomic mass is 32.1. The van der Waals surface area contributed by atoms with Crippen molar-refractivity contribution in [1.29, 1.82) is 0 Å². The highest BCUT2D eigenvalue weighted by molar-refractivity contribution is 7.13. The lowest BCUT2D eigenvalue weighted by Crippen LogP contribution is -2.44. The van der Waals surface area contributed by atoms with Gasteiger partial charge in [0.15, 0.2) is 0 Å². The Labute approximate surface area is 146 Å². The van der Waals surface area contributed by atoms with Crippen LogP contribution >= 0.6 is 11.3 Å². The fourth-order valence-electron chi connectivity index (χ4n) is 3.86. The van der Waals surface area contributed by atoms with Crippen LogP contribution in [0.15, 0.2) is 29.6 Å². The van der Waals surface area contributed by atoms with Gasteiger partial charge in [0.1, 0.15) is 5.01 Å². The van der Waals surface area contributed by atoms with E-state index in [4.69, 9.17) is 0 Å². The van der Waals surface area contributed by atoms with E-state index in [1.54, 1.807) is 11.3 Å². The third-order valence-electron chi connectivity index (χ3n) is 5.42. The van der Waals surface area contributed by atoms with Crippen LogP contribution in [0.25, 0.3) is 10.6 Å². The van der Waals surface area contributed by atoms with Gasteiger partial charge in [-0.2, -0.15) is 0 Å². The molecule has 126 valence electrons. The van der Waals surface area contributed by atoms with E-state index in [2.05, 4.69) is 10.3 Å². The van der Waals surface area contributed by atoms with E-state index < -0.39 is 0 Å². The van der Waals surface area contributed by atoms with E-state index in [1.165, 1.54) is 6.42 Å². The van der Waals surface area contributed by atoms with Crippen molar-refractivity contribution in [3.63, 3.8) is 0 Å². The second kappa shape index (κ2) is 6.30. The fraction of sp³-hybridized carbons (Fsp3) is 0.474. The lowest BCUT2D eigenvalue weighted by molar-refractivity contribution is 0.0608. The average Bonchev–Trinajstić information content (AvgIpc) is 3.25. The molecule has 2 saturated heterocycles. The van der Waals surface area contributed by atoms with Crippen molar-refractivity contribution in [3.8, 4) is 10.6 Å². The minimum Gasteiger partial charge on any atom is -0.339 e. The summed E-state index contributed by atoms with van der Waals surface area (Å²) in [5.74, 6) is 0.158. The summed E-state index contributed by atoms with van der Waals surface area (Å²) in [5, 5.41) is 6.51. The van der Waals surface area contributed by atoms with Crippen molar-refractivity contribution < 1.29 is 4.79 Å². The molecule has 0 atom stereocenters. The van der Waals surface area contributed by atoms with Gasteiger partial charge < -0.3 is 10.2 Å². The molecule has 1 aromatic carbocycles. The summed E-state index contributed by atoms with van der Waals surface area (Å²) >= 11 is 1.63. The maximum Gasteiger partial charge on any atom is 0.253 e. The number of rotatable bonds is 2. The van der Waals surface area contributed by atoms with Crippen LogP contribution < -0.4 is 5.32 Å². The molecule has 1 spiro atoms. The Bertz CT molecular complexity index is 739. The molecular formula is C19H23N3OS. The number of nitrogens with one attached hydrogen (secondary N) is 1. The van der Waals surface area contributed by atoms with Crippen LogP contribution in [0.2, 0.25) is 0 Å². The first-order chi connectivity index (χ1) is 11.7. The molecule has 2 aliphatic heterocycles. The molecule has 2 aromatic rings. The molecule has 0 bridgehead atoms. The molecule has 1 amide bonds. The number of benzene rings is 1. The van der Waals surface area contributed by atoms with Crippen LogP contribution in [0, 0.1) is 12.3 Å². The molecule has 3 heterocycles. The highest BCUT2D eigenvalue weighted by Gasteiger charge is 2.38. The number of aromatic nitrogens is 1. The molecule has 4 rings (SSSR count). The second-order valence-corrected chi connectivity index (χ2v) is 7.95.